The van der Waals surface area contributed by atoms with Crippen LogP contribution in [0.25, 0.3) is 0 Å². The predicted octanol–water partition coefficient (Wildman–Crippen LogP) is 2.96. The van der Waals surface area contributed by atoms with Crippen LogP contribution in [0.1, 0.15) is 31.9 Å². The van der Waals surface area contributed by atoms with E-state index in [0.29, 0.717) is 19.4 Å². The first-order valence-electron chi connectivity index (χ1n) is 9.45. The summed E-state index contributed by atoms with van der Waals surface area (Å²) in [5.41, 5.74) is 0. The normalized spacial score (nSPS) is 19.3. The van der Waals surface area contributed by atoms with Gasteiger partial charge in [-0.25, -0.2) is 12.8 Å². The molecule has 1 N–H and O–H groups in total. The van der Waals surface area contributed by atoms with Crippen molar-refractivity contribution in [1.82, 2.24) is 9.62 Å². The van der Waals surface area contributed by atoms with Gasteiger partial charge in [-0.3, -0.25) is 4.79 Å². The molecule has 3 rings (SSSR count). The van der Waals surface area contributed by atoms with Gasteiger partial charge in [-0.15, -0.1) is 0 Å². The molecular weight excluding hydrogens is 383 g/mol. The fourth-order valence-electron chi connectivity index (χ4n) is 3.38. The van der Waals surface area contributed by atoms with Gasteiger partial charge in [0.2, 0.25) is 15.9 Å². The zero-order valence-electron chi connectivity index (χ0n) is 15.8. The molecule has 0 unspecified atom stereocenters. The van der Waals surface area contributed by atoms with Crippen LogP contribution in [0, 0.1) is 11.7 Å². The van der Waals surface area contributed by atoms with Crippen molar-refractivity contribution in [1.29, 1.82) is 0 Å². The maximum Gasteiger partial charge on any atom is 0.243 e. The highest BCUT2D eigenvalue weighted by Gasteiger charge is 2.33. The number of hydrogen-bond acceptors (Lipinski definition) is 4. The first-order valence-corrected chi connectivity index (χ1v) is 10.9. The molecule has 152 valence electrons. The molecule has 0 bridgehead atoms. The van der Waals surface area contributed by atoms with Crippen LogP contribution in [0.5, 0.6) is 0 Å². The van der Waals surface area contributed by atoms with Crippen LogP contribution in [0.3, 0.4) is 0 Å². The largest absolute Gasteiger partial charge is 0.469 e. The van der Waals surface area contributed by atoms with Gasteiger partial charge in [-0.05, 0) is 62.6 Å². The quantitative estimate of drug-likeness (QED) is 0.764. The first-order chi connectivity index (χ1) is 13.4. The number of furan rings is 1. The summed E-state index contributed by atoms with van der Waals surface area (Å²) in [6, 6.07) is 8.45. The molecule has 1 fully saturated rings. The molecule has 6 nitrogen and oxygen atoms in total. The highest BCUT2D eigenvalue weighted by atomic mass is 32.2. The minimum absolute atomic E-state index is 0.0401. The molecule has 0 radical (unpaired) electrons. The fraction of sp³-hybridized carbons (Fsp3) is 0.450. The fourth-order valence-corrected chi connectivity index (χ4v) is 4.90. The van der Waals surface area contributed by atoms with Gasteiger partial charge in [0.15, 0.2) is 0 Å². The van der Waals surface area contributed by atoms with Crippen molar-refractivity contribution in [3.05, 3.63) is 54.2 Å². The van der Waals surface area contributed by atoms with Gasteiger partial charge in [0.05, 0.1) is 17.1 Å². The van der Waals surface area contributed by atoms with E-state index in [4.69, 9.17) is 4.42 Å². The van der Waals surface area contributed by atoms with Crippen molar-refractivity contribution in [2.45, 2.75) is 43.5 Å². The average Bonchev–Trinajstić information content (AvgIpc) is 3.20. The molecule has 1 aliphatic heterocycles. The molecule has 8 heteroatoms. The highest BCUT2D eigenvalue weighted by molar-refractivity contribution is 7.89. The van der Waals surface area contributed by atoms with Gasteiger partial charge >= 0.3 is 0 Å². The number of hydrogen-bond donors (Lipinski definition) is 1. The Labute approximate surface area is 164 Å². The summed E-state index contributed by atoms with van der Waals surface area (Å²) in [6.07, 6.45) is 4.34. The van der Waals surface area contributed by atoms with E-state index < -0.39 is 21.8 Å². The molecule has 0 spiro atoms. The molecule has 28 heavy (non-hydrogen) atoms. The lowest BCUT2D eigenvalue weighted by Gasteiger charge is -2.31. The Kier molecular flexibility index (Phi) is 6.51. The van der Waals surface area contributed by atoms with Gasteiger partial charge in [-0.1, -0.05) is 0 Å². The van der Waals surface area contributed by atoms with Crippen LogP contribution in [0.15, 0.2) is 52.0 Å². The lowest BCUT2D eigenvalue weighted by atomic mass is 9.98. The molecule has 2 atom stereocenters. The molecule has 1 aromatic heterocycles. The van der Waals surface area contributed by atoms with Crippen molar-refractivity contribution in [2.75, 3.05) is 13.1 Å². The summed E-state index contributed by atoms with van der Waals surface area (Å²) >= 11 is 0. The molecule has 0 aliphatic carbocycles. The van der Waals surface area contributed by atoms with Crippen LogP contribution < -0.4 is 5.32 Å². The molecule has 1 aromatic carbocycles. The SMILES string of the molecule is C[C@H](CCc1ccco1)NC(=O)[C@H]1CCCN(S(=O)(=O)c2ccc(F)cc2)C1. The van der Waals surface area contributed by atoms with E-state index in [2.05, 4.69) is 5.32 Å². The second kappa shape index (κ2) is 8.87. The van der Waals surface area contributed by atoms with E-state index >= 15 is 0 Å². The second-order valence-electron chi connectivity index (χ2n) is 7.18. The van der Waals surface area contributed by atoms with Crippen LogP contribution in [0.2, 0.25) is 0 Å². The molecule has 2 heterocycles. The number of sulfonamides is 1. The molecule has 1 amide bonds. The number of aryl methyl sites for hydroxylation is 1. The molecule has 1 aliphatic rings. The Morgan fingerprint density at radius 3 is 2.75 bits per heavy atom. The molecule has 2 aromatic rings. The Hall–Kier alpha value is -2.19. The van der Waals surface area contributed by atoms with Gasteiger partial charge in [0.1, 0.15) is 11.6 Å². The summed E-state index contributed by atoms with van der Waals surface area (Å²) < 4.78 is 45.3. The first kappa shape index (κ1) is 20.5. The lowest BCUT2D eigenvalue weighted by Crippen LogP contribution is -2.47. The third-order valence-corrected chi connectivity index (χ3v) is 6.88. The third kappa shape index (κ3) is 4.99. The van der Waals surface area contributed by atoms with E-state index in [0.717, 1.165) is 30.7 Å². The monoisotopic (exact) mass is 408 g/mol. The van der Waals surface area contributed by atoms with Crippen molar-refractivity contribution in [3.8, 4) is 0 Å². The van der Waals surface area contributed by atoms with Crippen LogP contribution in [-0.2, 0) is 21.2 Å². The number of amides is 1. The standard InChI is InChI=1S/C20H25FN2O4S/c1-15(6-9-18-5-3-13-27-18)22-20(24)16-4-2-12-23(14-16)28(25,26)19-10-7-17(21)8-11-19/h3,5,7-8,10-11,13,15-16H,2,4,6,9,12,14H2,1H3,(H,22,24)/t15-,16+/m1/s1. The smallest absolute Gasteiger partial charge is 0.243 e. The summed E-state index contributed by atoms with van der Waals surface area (Å²) in [5, 5.41) is 2.98. The van der Waals surface area contributed by atoms with Crippen LogP contribution in [-0.4, -0.2) is 37.8 Å². The molecular formula is C20H25FN2O4S. The number of rotatable bonds is 7. The maximum absolute atomic E-state index is 13.1. The summed E-state index contributed by atoms with van der Waals surface area (Å²) in [7, 11) is -3.74. The maximum atomic E-state index is 13.1. The number of benzene rings is 1. The Morgan fingerprint density at radius 1 is 1.32 bits per heavy atom. The van der Waals surface area contributed by atoms with E-state index in [1.807, 2.05) is 19.1 Å². The van der Waals surface area contributed by atoms with Crippen molar-refractivity contribution in [3.63, 3.8) is 0 Å². The topological polar surface area (TPSA) is 79.6 Å². The number of piperidine rings is 1. The van der Waals surface area contributed by atoms with Crippen molar-refractivity contribution in [2.24, 2.45) is 5.92 Å². The van der Waals surface area contributed by atoms with Crippen molar-refractivity contribution < 1.29 is 22.0 Å². The highest BCUT2D eigenvalue weighted by Crippen LogP contribution is 2.24. The molecule has 1 saturated heterocycles. The number of nitrogens with one attached hydrogen (secondary N) is 1. The van der Waals surface area contributed by atoms with Crippen LogP contribution in [0.4, 0.5) is 4.39 Å². The number of carbonyl (C=O) groups excluding carboxylic acids is 1. The Morgan fingerprint density at radius 2 is 2.07 bits per heavy atom. The summed E-state index contributed by atoms with van der Waals surface area (Å²) in [4.78, 5) is 12.7. The number of halogens is 1. The minimum atomic E-state index is -3.74. The predicted molar refractivity (Wildman–Crippen MR) is 103 cm³/mol. The van der Waals surface area contributed by atoms with E-state index in [1.54, 1.807) is 6.26 Å². The number of carbonyl (C=O) groups is 1. The Bertz CT molecular complexity index is 881. The van der Waals surface area contributed by atoms with E-state index in [1.165, 1.54) is 16.4 Å². The van der Waals surface area contributed by atoms with Crippen LogP contribution >= 0.6 is 0 Å². The molecule has 0 saturated carbocycles. The minimum Gasteiger partial charge on any atom is -0.469 e. The van der Waals surface area contributed by atoms with E-state index in [9.17, 15) is 17.6 Å². The average molecular weight is 408 g/mol. The summed E-state index contributed by atoms with van der Waals surface area (Å²) in [5.74, 6) is -0.144. The van der Waals surface area contributed by atoms with Gasteiger partial charge in [-0.2, -0.15) is 4.31 Å². The van der Waals surface area contributed by atoms with E-state index in [-0.39, 0.29) is 23.4 Å². The lowest BCUT2D eigenvalue weighted by molar-refractivity contribution is -0.126. The zero-order chi connectivity index (χ0) is 20.1. The van der Waals surface area contributed by atoms with Crippen molar-refractivity contribution >= 4 is 15.9 Å². The van der Waals surface area contributed by atoms with Gasteiger partial charge < -0.3 is 9.73 Å². The zero-order valence-corrected chi connectivity index (χ0v) is 16.6. The van der Waals surface area contributed by atoms with Gasteiger partial charge in [0, 0.05) is 25.6 Å². The Balaban J connectivity index is 1.57. The number of nitrogens with zero attached hydrogens (tertiary/aromatic N) is 1. The summed E-state index contributed by atoms with van der Waals surface area (Å²) in [6.45, 7) is 2.42. The second-order valence-corrected chi connectivity index (χ2v) is 9.12. The third-order valence-electron chi connectivity index (χ3n) is 5.00. The van der Waals surface area contributed by atoms with Gasteiger partial charge in [0.25, 0.3) is 0 Å².